The van der Waals surface area contributed by atoms with Gasteiger partial charge in [-0.25, -0.2) is 9.97 Å². The number of hydrogen-bond acceptors (Lipinski definition) is 3. The molecule has 0 fully saturated rings. The smallest absolute Gasteiger partial charge is 0.357 e. The van der Waals surface area contributed by atoms with Crippen molar-refractivity contribution in [2.24, 2.45) is 0 Å². The molecule has 0 unspecified atom stereocenters. The number of hydrogen-bond donors (Lipinski definition) is 1. The fourth-order valence-corrected chi connectivity index (χ4v) is 1.04. The van der Waals surface area contributed by atoms with Crippen molar-refractivity contribution in [3.63, 3.8) is 0 Å². The Balaban J connectivity index is 3.34. The van der Waals surface area contributed by atoms with E-state index in [2.05, 4.69) is 21.9 Å². The first-order valence-electron chi connectivity index (χ1n) is 4.14. The highest BCUT2D eigenvalue weighted by molar-refractivity contribution is 5.62. The predicted molar refractivity (Wildman–Crippen MR) is 51.3 cm³/mol. The Kier molecular flexibility index (Phi) is 2.97. The van der Waals surface area contributed by atoms with Crippen LogP contribution in [0.2, 0.25) is 0 Å². The van der Waals surface area contributed by atoms with E-state index in [1.54, 1.807) is 0 Å². The Morgan fingerprint density at radius 1 is 1.47 bits per heavy atom. The Morgan fingerprint density at radius 3 is 2.47 bits per heavy atom. The van der Waals surface area contributed by atoms with E-state index in [9.17, 15) is 13.2 Å². The Bertz CT molecular complexity index is 385. The summed E-state index contributed by atoms with van der Waals surface area (Å²) in [7, 11) is 1.53. The van der Waals surface area contributed by atoms with Crippen molar-refractivity contribution >= 4 is 11.5 Å². The average Bonchev–Trinajstić information content (AvgIpc) is 2.15. The summed E-state index contributed by atoms with van der Waals surface area (Å²) in [6.45, 7) is 4.93. The van der Waals surface area contributed by atoms with Crippen LogP contribution in [0.4, 0.5) is 19.1 Å². The van der Waals surface area contributed by atoms with Gasteiger partial charge >= 0.3 is 6.18 Å². The van der Waals surface area contributed by atoms with Gasteiger partial charge in [0.05, 0.1) is 11.3 Å². The number of anilines is 1. The van der Waals surface area contributed by atoms with Crippen LogP contribution in [-0.4, -0.2) is 17.0 Å². The third kappa shape index (κ3) is 2.45. The van der Waals surface area contributed by atoms with Gasteiger partial charge in [-0.1, -0.05) is 6.58 Å². The molecule has 82 valence electrons. The Morgan fingerprint density at radius 2 is 2.07 bits per heavy atom. The number of rotatable bonds is 2. The van der Waals surface area contributed by atoms with E-state index < -0.39 is 11.7 Å². The van der Waals surface area contributed by atoms with E-state index in [1.807, 2.05) is 0 Å². The zero-order valence-electron chi connectivity index (χ0n) is 8.31. The quantitative estimate of drug-likeness (QED) is 0.827. The summed E-state index contributed by atoms with van der Waals surface area (Å²) in [5.41, 5.74) is -0.794. The molecule has 0 bridgehead atoms. The molecule has 1 heterocycles. The van der Waals surface area contributed by atoms with Crippen LogP contribution in [0, 0.1) is 0 Å². The van der Waals surface area contributed by atoms with E-state index in [0.29, 0.717) is 0 Å². The molecule has 0 aliphatic rings. The van der Waals surface area contributed by atoms with Gasteiger partial charge in [0.15, 0.2) is 0 Å². The standard InChI is InChI=1S/C9H10F3N3/c1-5(2)7-6(9(10,11)12)4-14-8(13-3)15-7/h4H,1H2,2-3H3,(H,13,14,15). The normalized spacial score (nSPS) is 11.3. The van der Waals surface area contributed by atoms with Gasteiger partial charge in [-0.3, -0.25) is 0 Å². The maximum atomic E-state index is 12.5. The van der Waals surface area contributed by atoms with Crippen LogP contribution in [0.1, 0.15) is 18.2 Å². The average molecular weight is 217 g/mol. The number of allylic oxidation sites excluding steroid dienone is 1. The summed E-state index contributed by atoms with van der Waals surface area (Å²) < 4.78 is 37.5. The van der Waals surface area contributed by atoms with Gasteiger partial charge in [-0.05, 0) is 12.5 Å². The topological polar surface area (TPSA) is 37.8 Å². The number of halogens is 3. The van der Waals surface area contributed by atoms with Gasteiger partial charge in [0.25, 0.3) is 0 Å². The maximum absolute atomic E-state index is 12.5. The van der Waals surface area contributed by atoms with Crippen molar-refractivity contribution in [1.82, 2.24) is 9.97 Å². The van der Waals surface area contributed by atoms with Gasteiger partial charge in [0.2, 0.25) is 5.95 Å². The molecule has 0 amide bonds. The fraction of sp³-hybridized carbons (Fsp3) is 0.333. The second kappa shape index (κ2) is 3.88. The van der Waals surface area contributed by atoms with Crippen LogP contribution in [0.15, 0.2) is 12.8 Å². The van der Waals surface area contributed by atoms with Crippen LogP contribution in [-0.2, 0) is 6.18 Å². The minimum atomic E-state index is -4.46. The lowest BCUT2D eigenvalue weighted by molar-refractivity contribution is -0.138. The molecule has 0 aliphatic heterocycles. The molecule has 1 aromatic heterocycles. The number of alkyl halides is 3. The van der Waals surface area contributed by atoms with Gasteiger partial charge < -0.3 is 5.32 Å². The van der Waals surface area contributed by atoms with Gasteiger partial charge in [-0.15, -0.1) is 0 Å². The van der Waals surface area contributed by atoms with Crippen molar-refractivity contribution in [3.8, 4) is 0 Å². The summed E-state index contributed by atoms with van der Waals surface area (Å²) in [5.74, 6) is 0.140. The molecule has 0 aliphatic carbocycles. The van der Waals surface area contributed by atoms with Gasteiger partial charge in [-0.2, -0.15) is 13.2 Å². The summed E-state index contributed by atoms with van der Waals surface area (Å²) in [6, 6.07) is 0. The van der Waals surface area contributed by atoms with Crippen LogP contribution in [0.3, 0.4) is 0 Å². The molecular formula is C9H10F3N3. The lowest BCUT2D eigenvalue weighted by Crippen LogP contribution is -2.12. The molecule has 3 nitrogen and oxygen atoms in total. The molecule has 1 N–H and O–H groups in total. The van der Waals surface area contributed by atoms with Gasteiger partial charge in [0.1, 0.15) is 0 Å². The molecule has 0 spiro atoms. The molecule has 0 saturated carbocycles. The predicted octanol–water partition coefficient (Wildman–Crippen LogP) is 2.57. The monoisotopic (exact) mass is 217 g/mol. The van der Waals surface area contributed by atoms with Crippen molar-refractivity contribution in [1.29, 1.82) is 0 Å². The summed E-state index contributed by atoms with van der Waals surface area (Å²) in [4.78, 5) is 7.24. The Hall–Kier alpha value is -1.59. The van der Waals surface area contributed by atoms with Gasteiger partial charge in [0, 0.05) is 13.2 Å². The van der Waals surface area contributed by atoms with E-state index in [-0.39, 0.29) is 17.2 Å². The van der Waals surface area contributed by atoms with Crippen molar-refractivity contribution in [2.45, 2.75) is 13.1 Å². The van der Waals surface area contributed by atoms with Crippen molar-refractivity contribution < 1.29 is 13.2 Å². The molecule has 0 radical (unpaired) electrons. The molecular weight excluding hydrogens is 207 g/mol. The van der Waals surface area contributed by atoms with Crippen LogP contribution >= 0.6 is 0 Å². The lowest BCUT2D eigenvalue weighted by Gasteiger charge is -2.12. The SMILES string of the molecule is C=C(C)c1nc(NC)ncc1C(F)(F)F. The van der Waals surface area contributed by atoms with E-state index >= 15 is 0 Å². The fourth-order valence-electron chi connectivity index (χ4n) is 1.04. The number of nitrogens with one attached hydrogen (secondary N) is 1. The first-order chi connectivity index (χ1) is 6.86. The van der Waals surface area contributed by atoms with Crippen LogP contribution in [0.5, 0.6) is 0 Å². The van der Waals surface area contributed by atoms with Crippen molar-refractivity contribution in [3.05, 3.63) is 24.0 Å². The van der Waals surface area contributed by atoms with E-state index in [0.717, 1.165) is 6.20 Å². The highest BCUT2D eigenvalue weighted by atomic mass is 19.4. The third-order valence-electron chi connectivity index (χ3n) is 1.72. The second-order valence-corrected chi connectivity index (χ2v) is 2.98. The second-order valence-electron chi connectivity index (χ2n) is 2.98. The van der Waals surface area contributed by atoms with E-state index in [4.69, 9.17) is 0 Å². The highest BCUT2D eigenvalue weighted by Crippen LogP contribution is 2.33. The minimum Gasteiger partial charge on any atom is -0.357 e. The molecule has 15 heavy (non-hydrogen) atoms. The zero-order chi connectivity index (χ0) is 11.6. The third-order valence-corrected chi connectivity index (χ3v) is 1.72. The number of aromatic nitrogens is 2. The summed E-state index contributed by atoms with van der Waals surface area (Å²) in [6.07, 6.45) is -3.70. The minimum absolute atomic E-state index is 0.140. The number of nitrogens with zero attached hydrogens (tertiary/aromatic N) is 2. The molecule has 6 heteroatoms. The molecule has 1 rings (SSSR count). The molecule has 0 saturated heterocycles. The highest BCUT2D eigenvalue weighted by Gasteiger charge is 2.35. The maximum Gasteiger partial charge on any atom is 0.419 e. The van der Waals surface area contributed by atoms with Crippen LogP contribution in [0.25, 0.3) is 5.57 Å². The first-order valence-corrected chi connectivity index (χ1v) is 4.14. The molecule has 1 aromatic rings. The van der Waals surface area contributed by atoms with Crippen molar-refractivity contribution in [2.75, 3.05) is 12.4 Å². The Labute approximate surface area is 85.1 Å². The molecule has 0 aromatic carbocycles. The first kappa shape index (κ1) is 11.5. The van der Waals surface area contributed by atoms with Crippen LogP contribution < -0.4 is 5.32 Å². The summed E-state index contributed by atoms with van der Waals surface area (Å²) in [5, 5.41) is 2.57. The molecule has 0 atom stereocenters. The largest absolute Gasteiger partial charge is 0.419 e. The zero-order valence-corrected chi connectivity index (χ0v) is 8.31. The lowest BCUT2D eigenvalue weighted by atomic mass is 10.1. The van der Waals surface area contributed by atoms with E-state index in [1.165, 1.54) is 14.0 Å². The summed E-state index contributed by atoms with van der Waals surface area (Å²) >= 11 is 0.